The van der Waals surface area contributed by atoms with Gasteiger partial charge in [-0.15, -0.1) is 0 Å². The molecule has 2 heterocycles. The Labute approximate surface area is 307 Å². The Kier molecular flexibility index (Phi) is 7.02. The van der Waals surface area contributed by atoms with Gasteiger partial charge in [0, 0.05) is 26.5 Å². The topological polar surface area (TPSA) is 49.6 Å². The van der Waals surface area contributed by atoms with Crippen molar-refractivity contribution < 1.29 is 0 Å². The summed E-state index contributed by atoms with van der Waals surface area (Å²) in [6.07, 6.45) is 0. The van der Waals surface area contributed by atoms with Crippen molar-refractivity contribution in [3.8, 4) is 62.2 Å². The highest BCUT2D eigenvalue weighted by atomic mass is 32.2. The van der Waals surface area contributed by atoms with Gasteiger partial charge >= 0.3 is 0 Å². The Bertz CT molecular complexity index is 2610. The van der Waals surface area contributed by atoms with Gasteiger partial charge < -0.3 is 0 Å². The van der Waals surface area contributed by atoms with Crippen LogP contribution in [0.5, 0.6) is 0 Å². The molecule has 2 aliphatic rings. The van der Waals surface area contributed by atoms with Gasteiger partial charge in [0.25, 0.3) is 0 Å². The van der Waals surface area contributed by atoms with E-state index in [1.807, 2.05) is 48.2 Å². The van der Waals surface area contributed by atoms with Gasteiger partial charge in [0.1, 0.15) is 0 Å². The minimum atomic E-state index is -0.556. The predicted molar refractivity (Wildman–Crippen MR) is 210 cm³/mol. The van der Waals surface area contributed by atoms with Crippen molar-refractivity contribution in [1.29, 1.82) is 5.26 Å². The number of hydrogen-bond donors (Lipinski definition) is 0. The van der Waals surface area contributed by atoms with Crippen molar-refractivity contribution in [2.24, 2.45) is 0 Å². The lowest BCUT2D eigenvalue weighted by atomic mass is 9.66. The molecule has 0 atom stereocenters. The zero-order chi connectivity index (χ0) is 34.6. The molecule has 0 amide bonds. The third-order valence-electron chi connectivity index (χ3n) is 10.4. The van der Waals surface area contributed by atoms with Crippen molar-refractivity contribution in [2.75, 3.05) is 0 Å². The quantitative estimate of drug-likeness (QED) is 0.186. The fourth-order valence-electron chi connectivity index (χ4n) is 8.05. The second kappa shape index (κ2) is 12.1. The van der Waals surface area contributed by atoms with Crippen LogP contribution in [0, 0.1) is 11.3 Å². The maximum absolute atomic E-state index is 9.47. The summed E-state index contributed by atoms with van der Waals surface area (Å²) in [7, 11) is 0. The molecule has 8 aromatic rings. The first-order valence-electron chi connectivity index (χ1n) is 17.4. The monoisotopic (exact) mass is 679 g/mol. The molecule has 0 unspecified atom stereocenters. The second-order valence-corrected chi connectivity index (χ2v) is 14.3. The van der Waals surface area contributed by atoms with E-state index in [1.165, 1.54) is 43.2 Å². The van der Waals surface area contributed by atoms with Crippen LogP contribution in [0.15, 0.2) is 186 Å². The molecule has 10 rings (SSSR count). The highest BCUT2D eigenvalue weighted by Crippen LogP contribution is 2.62. The highest BCUT2D eigenvalue weighted by Gasteiger charge is 2.50. The fraction of sp³-hybridized carbons (Fsp3) is 0.0208. The molecule has 0 N–H and O–H groups in total. The summed E-state index contributed by atoms with van der Waals surface area (Å²) < 4.78 is 0. The SMILES string of the molecule is N#Cc1ccc(-c2ccc3c(c2)C2(c4cc(-c5cc(-c6ccccc6)nc(-c6ccccc6)n5)ccc4S3)c3ccccc3-c3ccccc32)cc1. The zero-order valence-electron chi connectivity index (χ0n) is 28.0. The molecule has 1 aromatic heterocycles. The molecular formula is C48H29N3S. The van der Waals surface area contributed by atoms with Gasteiger partial charge in [-0.05, 0) is 87.0 Å². The molecule has 1 spiro atoms. The fourth-order valence-corrected chi connectivity index (χ4v) is 9.20. The van der Waals surface area contributed by atoms with E-state index in [4.69, 9.17) is 9.97 Å². The molecule has 4 heteroatoms. The number of hydrogen-bond acceptors (Lipinski definition) is 4. The molecule has 52 heavy (non-hydrogen) atoms. The number of aromatic nitrogens is 2. The molecule has 0 saturated heterocycles. The summed E-state index contributed by atoms with van der Waals surface area (Å²) in [6, 6.07) is 64.4. The number of nitrogens with zero attached hydrogens (tertiary/aromatic N) is 3. The molecule has 0 saturated carbocycles. The Morgan fingerprint density at radius 3 is 1.54 bits per heavy atom. The molecule has 0 radical (unpaired) electrons. The lowest BCUT2D eigenvalue weighted by Gasteiger charge is -2.40. The van der Waals surface area contributed by atoms with Crippen LogP contribution >= 0.6 is 11.8 Å². The van der Waals surface area contributed by atoms with E-state index in [1.54, 1.807) is 0 Å². The van der Waals surface area contributed by atoms with Crippen LogP contribution < -0.4 is 0 Å². The molecular weight excluding hydrogens is 651 g/mol. The largest absolute Gasteiger partial charge is 0.228 e. The summed E-state index contributed by atoms with van der Waals surface area (Å²) in [5, 5.41) is 9.47. The van der Waals surface area contributed by atoms with Gasteiger partial charge in [0.2, 0.25) is 0 Å². The first-order valence-corrected chi connectivity index (χ1v) is 18.2. The molecule has 3 nitrogen and oxygen atoms in total. The zero-order valence-corrected chi connectivity index (χ0v) is 28.8. The van der Waals surface area contributed by atoms with Gasteiger partial charge in [-0.3, -0.25) is 0 Å². The Morgan fingerprint density at radius 2 is 0.923 bits per heavy atom. The second-order valence-electron chi connectivity index (χ2n) is 13.2. The lowest BCUT2D eigenvalue weighted by Crippen LogP contribution is -2.32. The molecule has 7 aromatic carbocycles. The Hall–Kier alpha value is -6.54. The van der Waals surface area contributed by atoms with E-state index in [9.17, 15) is 5.26 Å². The van der Waals surface area contributed by atoms with Gasteiger partial charge in [-0.1, -0.05) is 145 Å². The average Bonchev–Trinajstić information content (AvgIpc) is 3.52. The minimum Gasteiger partial charge on any atom is -0.228 e. The van der Waals surface area contributed by atoms with Gasteiger partial charge in [0.15, 0.2) is 5.82 Å². The number of nitriles is 1. The van der Waals surface area contributed by atoms with Crippen LogP contribution in [0.1, 0.15) is 27.8 Å². The van der Waals surface area contributed by atoms with E-state index in [0.29, 0.717) is 11.4 Å². The van der Waals surface area contributed by atoms with E-state index in [0.717, 1.165) is 39.2 Å². The number of rotatable bonds is 4. The van der Waals surface area contributed by atoms with Crippen molar-refractivity contribution in [1.82, 2.24) is 9.97 Å². The van der Waals surface area contributed by atoms with Crippen molar-refractivity contribution in [3.63, 3.8) is 0 Å². The van der Waals surface area contributed by atoms with E-state index in [-0.39, 0.29) is 0 Å². The van der Waals surface area contributed by atoms with Crippen LogP contribution in [-0.2, 0) is 5.41 Å². The summed E-state index contributed by atoms with van der Waals surface area (Å²) in [5.41, 5.74) is 14.8. The summed E-state index contributed by atoms with van der Waals surface area (Å²) in [4.78, 5) is 12.8. The van der Waals surface area contributed by atoms with E-state index in [2.05, 4.69) is 146 Å². The first kappa shape index (κ1) is 30.3. The van der Waals surface area contributed by atoms with Gasteiger partial charge in [-0.25, -0.2) is 9.97 Å². The predicted octanol–water partition coefficient (Wildman–Crippen LogP) is 11.8. The Morgan fingerprint density at radius 1 is 0.423 bits per heavy atom. The average molecular weight is 680 g/mol. The maximum atomic E-state index is 9.47. The van der Waals surface area contributed by atoms with Crippen LogP contribution in [0.2, 0.25) is 0 Å². The highest BCUT2D eigenvalue weighted by molar-refractivity contribution is 7.99. The summed E-state index contributed by atoms with van der Waals surface area (Å²) in [6.45, 7) is 0. The van der Waals surface area contributed by atoms with Crippen LogP contribution in [0.3, 0.4) is 0 Å². The van der Waals surface area contributed by atoms with Crippen molar-refractivity contribution >= 4 is 11.8 Å². The van der Waals surface area contributed by atoms with Crippen LogP contribution in [0.4, 0.5) is 0 Å². The molecule has 242 valence electrons. The van der Waals surface area contributed by atoms with E-state index >= 15 is 0 Å². The lowest BCUT2D eigenvalue weighted by molar-refractivity contribution is 0.723. The standard InChI is InChI=1S/C48H29N3S/c49-30-31-19-21-32(22-20-31)35-23-25-45-41(27-35)48(39-17-9-7-15-37(39)38-16-8-10-18-40(38)48)42-28-36(24-26-46(42)52-45)44-29-43(33-11-3-1-4-12-33)50-47(51-44)34-13-5-2-6-14-34/h1-29H. The van der Waals surface area contributed by atoms with Crippen LogP contribution in [0.25, 0.3) is 56.2 Å². The maximum Gasteiger partial charge on any atom is 0.160 e. The minimum absolute atomic E-state index is 0.556. The molecule has 1 aliphatic heterocycles. The van der Waals surface area contributed by atoms with Gasteiger partial charge in [-0.2, -0.15) is 5.26 Å². The normalized spacial score (nSPS) is 13.1. The van der Waals surface area contributed by atoms with Gasteiger partial charge in [0.05, 0.1) is 28.4 Å². The molecule has 0 bridgehead atoms. The third-order valence-corrected chi connectivity index (χ3v) is 11.6. The summed E-state index contributed by atoms with van der Waals surface area (Å²) in [5.74, 6) is 0.702. The Balaban J connectivity index is 1.24. The number of benzene rings is 7. The molecule has 0 fully saturated rings. The third kappa shape index (κ3) is 4.67. The van der Waals surface area contributed by atoms with Crippen LogP contribution in [-0.4, -0.2) is 9.97 Å². The number of fused-ring (bicyclic) bond motifs is 9. The smallest absolute Gasteiger partial charge is 0.160 e. The first-order chi connectivity index (χ1) is 25.7. The molecule has 1 aliphatic carbocycles. The van der Waals surface area contributed by atoms with Crippen molar-refractivity contribution in [3.05, 3.63) is 204 Å². The van der Waals surface area contributed by atoms with E-state index < -0.39 is 5.41 Å². The van der Waals surface area contributed by atoms with Crippen molar-refractivity contribution in [2.45, 2.75) is 15.2 Å². The summed E-state index contributed by atoms with van der Waals surface area (Å²) >= 11 is 1.83.